The minimum Gasteiger partial charge on any atom is -0.388 e. The van der Waals surface area contributed by atoms with Crippen LogP contribution in [0.5, 0.6) is 0 Å². The molecule has 0 saturated heterocycles. The van der Waals surface area contributed by atoms with E-state index in [1.54, 1.807) is 13.0 Å². The van der Waals surface area contributed by atoms with Crippen molar-refractivity contribution < 1.29 is 9.90 Å². The number of allylic oxidation sites excluding steroid dienone is 1. The van der Waals surface area contributed by atoms with E-state index in [9.17, 15) is 9.90 Å². The molecule has 0 atom stereocenters. The number of aliphatic hydroxyl groups is 1. The maximum absolute atomic E-state index is 11.0. The third-order valence-corrected chi connectivity index (χ3v) is 2.44. The Hall–Kier alpha value is -0.830. The van der Waals surface area contributed by atoms with Crippen LogP contribution in [0.4, 0.5) is 0 Å². The predicted molar refractivity (Wildman–Crippen MR) is 51.2 cm³/mol. The number of rotatable bonds is 3. The number of carbonyl (C=O) groups excluding carboxylic acids is 1. The molecule has 0 heterocycles. The molecular weight excluding hydrogens is 166 g/mol. The van der Waals surface area contributed by atoms with Gasteiger partial charge in [-0.15, -0.1) is 0 Å². The zero-order valence-corrected chi connectivity index (χ0v) is 8.05. The van der Waals surface area contributed by atoms with Crippen molar-refractivity contribution in [3.8, 4) is 0 Å². The molecule has 3 heteroatoms. The van der Waals surface area contributed by atoms with Crippen LogP contribution in [0.1, 0.15) is 32.6 Å². The molecule has 0 bridgehead atoms. The fourth-order valence-electron chi connectivity index (χ4n) is 1.67. The van der Waals surface area contributed by atoms with Gasteiger partial charge in [-0.2, -0.15) is 0 Å². The van der Waals surface area contributed by atoms with Gasteiger partial charge in [0, 0.05) is 6.54 Å². The summed E-state index contributed by atoms with van der Waals surface area (Å²) in [4.78, 5) is 11.0. The zero-order valence-electron chi connectivity index (χ0n) is 8.05. The number of amides is 1. The second-order valence-electron chi connectivity index (χ2n) is 3.65. The number of hydrogen-bond acceptors (Lipinski definition) is 2. The van der Waals surface area contributed by atoms with Gasteiger partial charge in [0.05, 0.1) is 5.60 Å². The van der Waals surface area contributed by atoms with Crippen LogP contribution in [-0.4, -0.2) is 23.2 Å². The molecule has 1 aliphatic rings. The Kier molecular flexibility index (Phi) is 3.48. The minimum absolute atomic E-state index is 0.122. The summed E-state index contributed by atoms with van der Waals surface area (Å²) in [5.74, 6) is -0.122. The largest absolute Gasteiger partial charge is 0.388 e. The van der Waals surface area contributed by atoms with Crippen molar-refractivity contribution in [2.75, 3.05) is 6.54 Å². The first-order chi connectivity index (χ1) is 6.16. The Bertz CT molecular complexity index is 205. The lowest BCUT2D eigenvalue weighted by molar-refractivity contribution is -0.117. The van der Waals surface area contributed by atoms with E-state index in [0.29, 0.717) is 6.54 Å². The standard InChI is InChI=1S/C10H17NO2/c1-2-5-9(12)11-8-10(13)6-3-4-7-10/h2,5,13H,3-4,6-8H2,1H3,(H,11,12). The van der Waals surface area contributed by atoms with Crippen LogP contribution in [0.3, 0.4) is 0 Å². The highest BCUT2D eigenvalue weighted by Gasteiger charge is 2.30. The van der Waals surface area contributed by atoms with Crippen LogP contribution in [0, 0.1) is 0 Å². The van der Waals surface area contributed by atoms with Crippen LogP contribution >= 0.6 is 0 Å². The Morgan fingerprint density at radius 2 is 2.15 bits per heavy atom. The molecule has 0 aliphatic heterocycles. The first-order valence-corrected chi connectivity index (χ1v) is 4.79. The molecule has 1 rings (SSSR count). The molecule has 0 aromatic heterocycles. The smallest absolute Gasteiger partial charge is 0.243 e. The summed E-state index contributed by atoms with van der Waals surface area (Å²) in [5.41, 5.74) is -0.642. The van der Waals surface area contributed by atoms with Gasteiger partial charge in [0.1, 0.15) is 0 Å². The van der Waals surface area contributed by atoms with Gasteiger partial charge in [-0.25, -0.2) is 0 Å². The van der Waals surface area contributed by atoms with Crippen LogP contribution < -0.4 is 5.32 Å². The average Bonchev–Trinajstić information content (AvgIpc) is 2.51. The Morgan fingerprint density at radius 1 is 1.54 bits per heavy atom. The van der Waals surface area contributed by atoms with E-state index in [4.69, 9.17) is 0 Å². The van der Waals surface area contributed by atoms with Crippen molar-refractivity contribution in [2.24, 2.45) is 0 Å². The van der Waals surface area contributed by atoms with Crippen molar-refractivity contribution in [1.29, 1.82) is 0 Å². The number of nitrogens with one attached hydrogen (secondary N) is 1. The summed E-state index contributed by atoms with van der Waals surface area (Å²) in [6.07, 6.45) is 6.91. The predicted octanol–water partition coefficient (Wildman–Crippen LogP) is 0.984. The first-order valence-electron chi connectivity index (χ1n) is 4.79. The first kappa shape index (κ1) is 10.3. The van der Waals surface area contributed by atoms with Gasteiger partial charge >= 0.3 is 0 Å². The monoisotopic (exact) mass is 183 g/mol. The van der Waals surface area contributed by atoms with E-state index in [-0.39, 0.29) is 5.91 Å². The molecule has 1 fully saturated rings. The second-order valence-corrected chi connectivity index (χ2v) is 3.65. The number of carbonyl (C=O) groups is 1. The quantitative estimate of drug-likeness (QED) is 0.641. The van der Waals surface area contributed by atoms with Gasteiger partial charge < -0.3 is 10.4 Å². The lowest BCUT2D eigenvalue weighted by Crippen LogP contribution is -2.40. The zero-order chi connectivity index (χ0) is 9.73. The van der Waals surface area contributed by atoms with E-state index in [1.807, 2.05) is 0 Å². The summed E-state index contributed by atoms with van der Waals surface area (Å²) < 4.78 is 0. The maximum atomic E-state index is 11.0. The Labute approximate surface area is 78.8 Å². The van der Waals surface area contributed by atoms with Gasteiger partial charge in [0.15, 0.2) is 0 Å². The summed E-state index contributed by atoms with van der Waals surface area (Å²) >= 11 is 0. The summed E-state index contributed by atoms with van der Waals surface area (Å²) in [6, 6.07) is 0. The lowest BCUT2D eigenvalue weighted by atomic mass is 10.0. The maximum Gasteiger partial charge on any atom is 0.243 e. The van der Waals surface area contributed by atoms with Crippen LogP contribution in [0.2, 0.25) is 0 Å². The van der Waals surface area contributed by atoms with E-state index in [1.165, 1.54) is 6.08 Å². The van der Waals surface area contributed by atoms with Gasteiger partial charge in [0.2, 0.25) is 5.91 Å². The van der Waals surface area contributed by atoms with Gasteiger partial charge in [0.25, 0.3) is 0 Å². The Balaban J connectivity index is 2.28. The molecule has 0 aromatic rings. The molecule has 74 valence electrons. The van der Waals surface area contributed by atoms with Crippen LogP contribution in [-0.2, 0) is 4.79 Å². The van der Waals surface area contributed by atoms with Gasteiger partial charge in [-0.05, 0) is 25.8 Å². The highest BCUT2D eigenvalue weighted by molar-refractivity contribution is 5.87. The second kappa shape index (κ2) is 4.42. The van der Waals surface area contributed by atoms with Crippen molar-refractivity contribution in [3.63, 3.8) is 0 Å². The highest BCUT2D eigenvalue weighted by Crippen LogP contribution is 2.28. The van der Waals surface area contributed by atoms with Gasteiger partial charge in [-0.1, -0.05) is 18.9 Å². The molecule has 1 saturated carbocycles. The van der Waals surface area contributed by atoms with E-state index < -0.39 is 5.60 Å². The fraction of sp³-hybridized carbons (Fsp3) is 0.700. The highest BCUT2D eigenvalue weighted by atomic mass is 16.3. The topological polar surface area (TPSA) is 49.3 Å². The van der Waals surface area contributed by atoms with Crippen molar-refractivity contribution >= 4 is 5.91 Å². The molecule has 1 aliphatic carbocycles. The van der Waals surface area contributed by atoms with Crippen molar-refractivity contribution in [3.05, 3.63) is 12.2 Å². The summed E-state index contributed by atoms with van der Waals surface area (Å²) in [7, 11) is 0. The van der Waals surface area contributed by atoms with Crippen molar-refractivity contribution in [2.45, 2.75) is 38.2 Å². The summed E-state index contributed by atoms with van der Waals surface area (Å²) in [6.45, 7) is 2.18. The van der Waals surface area contributed by atoms with Gasteiger partial charge in [-0.3, -0.25) is 4.79 Å². The Morgan fingerprint density at radius 3 is 2.69 bits per heavy atom. The van der Waals surface area contributed by atoms with Crippen molar-refractivity contribution in [1.82, 2.24) is 5.32 Å². The molecule has 0 radical (unpaired) electrons. The molecular formula is C10H17NO2. The van der Waals surface area contributed by atoms with Crippen LogP contribution in [0.25, 0.3) is 0 Å². The molecule has 3 nitrogen and oxygen atoms in total. The third-order valence-electron chi connectivity index (χ3n) is 2.44. The third kappa shape index (κ3) is 3.19. The fourth-order valence-corrected chi connectivity index (χ4v) is 1.67. The molecule has 0 spiro atoms. The molecule has 13 heavy (non-hydrogen) atoms. The minimum atomic E-state index is -0.642. The van der Waals surface area contributed by atoms with Crippen LogP contribution in [0.15, 0.2) is 12.2 Å². The molecule has 1 amide bonds. The van der Waals surface area contributed by atoms with E-state index in [2.05, 4.69) is 5.32 Å². The lowest BCUT2D eigenvalue weighted by Gasteiger charge is -2.21. The average molecular weight is 183 g/mol. The number of hydrogen-bond donors (Lipinski definition) is 2. The SMILES string of the molecule is CC=CC(=O)NCC1(O)CCCC1. The van der Waals surface area contributed by atoms with E-state index in [0.717, 1.165) is 25.7 Å². The van der Waals surface area contributed by atoms with E-state index >= 15 is 0 Å². The molecule has 2 N–H and O–H groups in total. The molecule has 0 aromatic carbocycles. The molecule has 0 unspecified atom stereocenters. The summed E-state index contributed by atoms with van der Waals surface area (Å²) in [5, 5.41) is 12.6. The normalized spacial score (nSPS) is 20.8.